The standard InChI is InChI=1S/C12H18N2O5S/c1-2-19-7-3-6-14-20(17,18)11-8-9(13)4-5-10(11)12(15)16/h4-5,8,14H,2-3,6-7,13H2,1H3,(H,15,16). The van der Waals surface area contributed by atoms with Crippen LogP contribution in [0.4, 0.5) is 5.69 Å². The molecule has 8 heteroatoms. The smallest absolute Gasteiger partial charge is 0.337 e. The van der Waals surface area contributed by atoms with Gasteiger partial charge in [0.1, 0.15) is 0 Å². The Labute approximate surface area is 117 Å². The van der Waals surface area contributed by atoms with Gasteiger partial charge >= 0.3 is 5.97 Å². The summed E-state index contributed by atoms with van der Waals surface area (Å²) in [5, 5.41) is 9.01. The average Bonchev–Trinajstić information content (AvgIpc) is 2.38. The molecule has 20 heavy (non-hydrogen) atoms. The van der Waals surface area contributed by atoms with Crippen LogP contribution in [0.25, 0.3) is 0 Å². The minimum Gasteiger partial charge on any atom is -0.478 e. The molecule has 0 saturated heterocycles. The molecule has 112 valence electrons. The van der Waals surface area contributed by atoms with Crippen LogP contribution in [0, 0.1) is 0 Å². The SMILES string of the molecule is CCOCCCNS(=O)(=O)c1cc(N)ccc1C(=O)O. The normalized spacial score (nSPS) is 11.4. The van der Waals surface area contributed by atoms with Crippen molar-refractivity contribution in [2.75, 3.05) is 25.5 Å². The second-order valence-corrected chi connectivity index (χ2v) is 5.74. The third-order valence-corrected chi connectivity index (χ3v) is 3.99. The summed E-state index contributed by atoms with van der Waals surface area (Å²) < 4.78 is 31.6. The summed E-state index contributed by atoms with van der Waals surface area (Å²) >= 11 is 0. The number of carboxylic acid groups (broad SMARTS) is 1. The van der Waals surface area contributed by atoms with Gasteiger partial charge in [-0.05, 0) is 31.5 Å². The molecule has 1 rings (SSSR count). The molecule has 0 atom stereocenters. The second-order valence-electron chi connectivity index (χ2n) is 4.01. The highest BCUT2D eigenvalue weighted by molar-refractivity contribution is 7.89. The van der Waals surface area contributed by atoms with Crippen molar-refractivity contribution in [3.63, 3.8) is 0 Å². The molecule has 0 saturated carbocycles. The van der Waals surface area contributed by atoms with Crippen molar-refractivity contribution in [2.45, 2.75) is 18.2 Å². The van der Waals surface area contributed by atoms with Gasteiger partial charge in [0.15, 0.2) is 0 Å². The highest BCUT2D eigenvalue weighted by Crippen LogP contribution is 2.19. The predicted molar refractivity (Wildman–Crippen MR) is 74.1 cm³/mol. The van der Waals surface area contributed by atoms with Gasteiger partial charge in [-0.3, -0.25) is 0 Å². The fraction of sp³-hybridized carbons (Fsp3) is 0.417. The van der Waals surface area contributed by atoms with E-state index in [0.717, 1.165) is 6.07 Å². The van der Waals surface area contributed by atoms with Gasteiger partial charge in [0.05, 0.1) is 10.5 Å². The summed E-state index contributed by atoms with van der Waals surface area (Å²) in [6, 6.07) is 3.65. The third-order valence-electron chi connectivity index (χ3n) is 2.49. The molecular formula is C12H18N2O5S. The highest BCUT2D eigenvalue weighted by atomic mass is 32.2. The lowest BCUT2D eigenvalue weighted by Gasteiger charge is -2.10. The number of sulfonamides is 1. The summed E-state index contributed by atoms with van der Waals surface area (Å²) in [6.45, 7) is 3.00. The van der Waals surface area contributed by atoms with Gasteiger partial charge in [-0.25, -0.2) is 17.9 Å². The van der Waals surface area contributed by atoms with Gasteiger partial charge in [0.25, 0.3) is 0 Å². The van der Waals surface area contributed by atoms with Crippen LogP contribution in [0.15, 0.2) is 23.1 Å². The molecule has 0 aliphatic carbocycles. The molecule has 0 aromatic heterocycles. The Bertz CT molecular complexity index is 571. The van der Waals surface area contributed by atoms with Crippen LogP contribution in [0.3, 0.4) is 0 Å². The molecule has 0 aliphatic rings. The van der Waals surface area contributed by atoms with Gasteiger partial charge in [-0.15, -0.1) is 0 Å². The molecule has 1 aromatic rings. The topological polar surface area (TPSA) is 119 Å². The molecule has 0 amide bonds. The lowest BCUT2D eigenvalue weighted by atomic mass is 10.2. The van der Waals surface area contributed by atoms with E-state index in [1.807, 2.05) is 6.92 Å². The first kappa shape index (κ1) is 16.4. The molecule has 0 unspecified atom stereocenters. The van der Waals surface area contributed by atoms with E-state index in [4.69, 9.17) is 15.6 Å². The maximum Gasteiger partial charge on any atom is 0.337 e. The van der Waals surface area contributed by atoms with Gasteiger partial charge in [-0.1, -0.05) is 0 Å². The molecular weight excluding hydrogens is 284 g/mol. The van der Waals surface area contributed by atoms with Crippen LogP contribution in [-0.4, -0.2) is 39.3 Å². The van der Waals surface area contributed by atoms with E-state index in [1.165, 1.54) is 12.1 Å². The van der Waals surface area contributed by atoms with Crippen molar-refractivity contribution in [3.05, 3.63) is 23.8 Å². The number of hydrogen-bond acceptors (Lipinski definition) is 5. The minimum atomic E-state index is -3.91. The van der Waals surface area contributed by atoms with Crippen molar-refractivity contribution in [3.8, 4) is 0 Å². The van der Waals surface area contributed by atoms with Crippen molar-refractivity contribution < 1.29 is 23.1 Å². The number of carboxylic acids is 1. The van der Waals surface area contributed by atoms with E-state index in [2.05, 4.69) is 4.72 Å². The van der Waals surface area contributed by atoms with Crippen molar-refractivity contribution >= 4 is 21.7 Å². The van der Waals surface area contributed by atoms with E-state index in [0.29, 0.717) is 19.6 Å². The first-order valence-electron chi connectivity index (χ1n) is 6.08. The molecule has 4 N–H and O–H groups in total. The summed E-state index contributed by atoms with van der Waals surface area (Å²) in [4.78, 5) is 10.7. The number of nitrogens with two attached hydrogens (primary N) is 1. The lowest BCUT2D eigenvalue weighted by Crippen LogP contribution is -2.27. The van der Waals surface area contributed by atoms with Crippen molar-refractivity contribution in [2.24, 2.45) is 0 Å². The van der Waals surface area contributed by atoms with Crippen LogP contribution >= 0.6 is 0 Å². The minimum absolute atomic E-state index is 0.163. The molecule has 0 spiro atoms. The average molecular weight is 302 g/mol. The van der Waals surface area contributed by atoms with Gasteiger partial charge in [0, 0.05) is 25.4 Å². The number of rotatable bonds is 8. The van der Waals surface area contributed by atoms with Crippen molar-refractivity contribution in [1.82, 2.24) is 4.72 Å². The maximum atomic E-state index is 12.1. The van der Waals surface area contributed by atoms with E-state index in [1.54, 1.807) is 0 Å². The Morgan fingerprint density at radius 1 is 1.45 bits per heavy atom. The quantitative estimate of drug-likeness (QED) is 0.480. The number of benzene rings is 1. The zero-order chi connectivity index (χ0) is 15.2. The highest BCUT2D eigenvalue weighted by Gasteiger charge is 2.22. The molecule has 0 radical (unpaired) electrons. The number of nitrogen functional groups attached to an aromatic ring is 1. The zero-order valence-corrected chi connectivity index (χ0v) is 11.9. The number of carbonyl (C=O) groups is 1. The molecule has 0 aliphatic heterocycles. The molecule has 0 bridgehead atoms. The van der Waals surface area contributed by atoms with E-state index in [9.17, 15) is 13.2 Å². The van der Waals surface area contributed by atoms with E-state index >= 15 is 0 Å². The van der Waals surface area contributed by atoms with Crippen LogP contribution in [0.2, 0.25) is 0 Å². The molecule has 7 nitrogen and oxygen atoms in total. The number of hydrogen-bond donors (Lipinski definition) is 3. The maximum absolute atomic E-state index is 12.1. The lowest BCUT2D eigenvalue weighted by molar-refractivity contribution is 0.0692. The Hall–Kier alpha value is -1.64. The van der Waals surface area contributed by atoms with Crippen LogP contribution in [0.5, 0.6) is 0 Å². The van der Waals surface area contributed by atoms with Crippen molar-refractivity contribution in [1.29, 1.82) is 0 Å². The van der Waals surface area contributed by atoms with Crippen LogP contribution < -0.4 is 10.5 Å². The van der Waals surface area contributed by atoms with E-state index in [-0.39, 0.29) is 22.7 Å². The summed E-state index contributed by atoms with van der Waals surface area (Å²) in [6.07, 6.45) is 0.498. The van der Waals surface area contributed by atoms with Crippen LogP contribution in [-0.2, 0) is 14.8 Å². The Morgan fingerprint density at radius 3 is 2.75 bits per heavy atom. The van der Waals surface area contributed by atoms with Gasteiger partial charge in [0.2, 0.25) is 10.0 Å². The zero-order valence-electron chi connectivity index (χ0n) is 11.1. The number of nitrogens with one attached hydrogen (secondary N) is 1. The van der Waals surface area contributed by atoms with Gasteiger partial charge < -0.3 is 15.6 Å². The monoisotopic (exact) mass is 302 g/mol. The number of aromatic carboxylic acids is 1. The molecule has 0 heterocycles. The summed E-state index contributed by atoms with van der Waals surface area (Å²) in [5.41, 5.74) is 5.39. The molecule has 0 fully saturated rings. The third kappa shape index (κ3) is 4.48. The fourth-order valence-electron chi connectivity index (χ4n) is 1.54. The Kier molecular flexibility index (Phi) is 5.93. The van der Waals surface area contributed by atoms with E-state index < -0.39 is 16.0 Å². The number of anilines is 1. The van der Waals surface area contributed by atoms with Gasteiger partial charge in [-0.2, -0.15) is 0 Å². The first-order chi connectivity index (χ1) is 9.38. The fourth-order valence-corrected chi connectivity index (χ4v) is 2.85. The Morgan fingerprint density at radius 2 is 2.15 bits per heavy atom. The summed E-state index contributed by atoms with van der Waals surface area (Å²) in [7, 11) is -3.91. The second kappa shape index (κ2) is 7.22. The van der Waals surface area contributed by atoms with Crippen LogP contribution in [0.1, 0.15) is 23.7 Å². The summed E-state index contributed by atoms with van der Waals surface area (Å²) in [5.74, 6) is -1.32. The largest absolute Gasteiger partial charge is 0.478 e. The Balaban J connectivity index is 2.86. The number of ether oxygens (including phenoxy) is 1. The molecule has 1 aromatic carbocycles. The first-order valence-corrected chi connectivity index (χ1v) is 7.57. The predicted octanol–water partition coefficient (Wildman–Crippen LogP) is 0.672.